The van der Waals surface area contributed by atoms with Crippen LogP contribution in [0.4, 0.5) is 20.4 Å². The highest BCUT2D eigenvalue weighted by molar-refractivity contribution is 7.15. The zero-order chi connectivity index (χ0) is 46.2. The summed E-state index contributed by atoms with van der Waals surface area (Å²) in [5, 5.41) is 6.90. The second kappa shape index (κ2) is 19.4. The van der Waals surface area contributed by atoms with E-state index in [2.05, 4.69) is 82.2 Å². The number of benzene rings is 2. The largest absolute Gasteiger partial charge is 0.453 e. The van der Waals surface area contributed by atoms with Crippen molar-refractivity contribution in [2.24, 2.45) is 16.8 Å². The molecule has 3 amide bonds. The highest BCUT2D eigenvalue weighted by Gasteiger charge is 2.41. The Kier molecular flexibility index (Phi) is 13.4. The molecule has 3 N–H and O–H groups in total. The van der Waals surface area contributed by atoms with Crippen molar-refractivity contribution in [3.8, 4) is 0 Å². The van der Waals surface area contributed by atoms with Gasteiger partial charge in [-0.15, -0.1) is 11.3 Å². The molecule has 66 heavy (non-hydrogen) atoms. The lowest BCUT2D eigenvalue weighted by Gasteiger charge is -2.35. The molecule has 14 nitrogen and oxygen atoms in total. The summed E-state index contributed by atoms with van der Waals surface area (Å²) in [6, 6.07) is 12.9. The average Bonchev–Trinajstić information content (AvgIpc) is 4.17. The Hall–Kier alpha value is -5.44. The van der Waals surface area contributed by atoms with Gasteiger partial charge in [0.1, 0.15) is 11.9 Å². The molecule has 4 aliphatic heterocycles. The van der Waals surface area contributed by atoms with Crippen LogP contribution in [0.1, 0.15) is 143 Å². The third kappa shape index (κ3) is 9.03. The maximum atomic E-state index is 13.9. The van der Waals surface area contributed by atoms with Gasteiger partial charge in [-0.25, -0.2) is 19.6 Å². The molecule has 0 saturated carbocycles. The van der Waals surface area contributed by atoms with E-state index in [1.807, 2.05) is 30.1 Å². The fourth-order valence-corrected chi connectivity index (χ4v) is 12.5. The normalized spacial score (nSPS) is 22.8. The van der Waals surface area contributed by atoms with Gasteiger partial charge in [0.05, 0.1) is 66.8 Å². The molecule has 352 valence electrons. The first-order valence-corrected chi connectivity index (χ1v) is 25.2. The predicted octanol–water partition coefficient (Wildman–Crippen LogP) is 9.79. The predicted molar refractivity (Wildman–Crippen MR) is 259 cm³/mol. The number of aromatic nitrogens is 3. The molecule has 6 heterocycles. The van der Waals surface area contributed by atoms with Crippen LogP contribution in [0.5, 0.6) is 0 Å². The van der Waals surface area contributed by atoms with Crippen molar-refractivity contribution in [2.45, 2.75) is 147 Å². The molecule has 0 radical (unpaired) electrons. The van der Waals surface area contributed by atoms with Crippen molar-refractivity contribution in [1.82, 2.24) is 35.4 Å². The van der Waals surface area contributed by atoms with E-state index in [9.17, 15) is 14.4 Å². The number of imidazole rings is 1. The van der Waals surface area contributed by atoms with Gasteiger partial charge in [0.25, 0.3) is 0 Å². The lowest BCUT2D eigenvalue weighted by Crippen LogP contribution is -2.51. The number of methoxy groups -OCH3 is 2. The number of hydrogen-bond donors (Lipinski definition) is 3. The van der Waals surface area contributed by atoms with Crippen LogP contribution in [0, 0.1) is 11.8 Å². The molecule has 3 saturated heterocycles. The monoisotopic (exact) mass is 917 g/mol. The number of nitrogens with zero attached hydrogens (tertiary/aromatic N) is 6. The number of aryl methyl sites for hydroxylation is 3. The minimum absolute atomic E-state index is 0.104. The molecule has 3 fully saturated rings. The van der Waals surface area contributed by atoms with Crippen molar-refractivity contribution in [1.29, 1.82) is 0 Å². The number of fused-ring (bicyclic) bond motifs is 3. The Morgan fingerprint density at radius 1 is 0.742 bits per heavy atom. The summed E-state index contributed by atoms with van der Waals surface area (Å²) in [6.45, 7) is 14.1. The molecule has 0 bridgehead atoms. The van der Waals surface area contributed by atoms with Crippen LogP contribution in [-0.4, -0.2) is 94.0 Å². The number of likely N-dealkylation sites (tertiary alicyclic amines) is 2. The molecule has 0 spiro atoms. The molecule has 4 aromatic rings. The molecule has 15 heteroatoms. The number of ether oxygens (including phenoxy) is 2. The minimum atomic E-state index is -0.687. The Morgan fingerprint density at radius 2 is 1.41 bits per heavy atom. The standard InChI is InChI=1S/C51H67N9O5S/c1-29(2)45(56-50(62)64-6)31(5)58-25-11-16-42(58)37-15-10-13-32-27-33(19-21-35(32)52-37)40-23-24-41(60(40)49-55-38-14-8-9-18-44(38)66-49)34-20-22-36-39(28-34)54-47(53-36)43-17-12-26-59(43)48(61)46(30(3)4)57-51(63)65-7/h19-22,27-30,40-43,45-46H,5,8-18,23-26H2,1-4,6-7H3,(H,53,54)(H,56,62)(H,57,63)/t40?,41-,42+,43+,45+,46+/m1/s1. The summed E-state index contributed by atoms with van der Waals surface area (Å²) in [5.41, 5.74) is 10.1. The van der Waals surface area contributed by atoms with Gasteiger partial charge in [0.2, 0.25) is 5.91 Å². The molecule has 2 aromatic heterocycles. The zero-order valence-corrected chi connectivity index (χ0v) is 40.3. The third-order valence-electron chi connectivity index (χ3n) is 14.7. The Morgan fingerprint density at radius 3 is 2.12 bits per heavy atom. The van der Waals surface area contributed by atoms with E-state index in [1.165, 1.54) is 60.0 Å². The number of anilines is 1. The fraction of sp³-hybridized carbons (Fsp3) is 0.569. The summed E-state index contributed by atoms with van der Waals surface area (Å²) in [6.07, 6.45) is 12.1. The summed E-state index contributed by atoms with van der Waals surface area (Å²) in [5.74, 6) is 0.719. The number of carbonyl (C=O) groups excluding carboxylic acids is 3. The number of nitrogens with one attached hydrogen (secondary N) is 3. The van der Waals surface area contributed by atoms with Gasteiger partial charge >= 0.3 is 12.2 Å². The van der Waals surface area contributed by atoms with Crippen LogP contribution in [0.15, 0.2) is 53.7 Å². The summed E-state index contributed by atoms with van der Waals surface area (Å²) < 4.78 is 9.81. The van der Waals surface area contributed by atoms with Crippen LogP contribution in [0.25, 0.3) is 11.0 Å². The van der Waals surface area contributed by atoms with Gasteiger partial charge in [-0.05, 0) is 130 Å². The summed E-state index contributed by atoms with van der Waals surface area (Å²) >= 11 is 1.88. The minimum Gasteiger partial charge on any atom is -0.453 e. The topological polar surface area (TPSA) is 157 Å². The van der Waals surface area contributed by atoms with Gasteiger partial charge in [-0.3, -0.25) is 9.79 Å². The maximum Gasteiger partial charge on any atom is 0.407 e. The van der Waals surface area contributed by atoms with E-state index in [-0.39, 0.29) is 48.0 Å². The third-order valence-corrected chi connectivity index (χ3v) is 15.9. The van der Waals surface area contributed by atoms with Gasteiger partial charge in [-0.2, -0.15) is 0 Å². The number of amides is 3. The molecular weight excluding hydrogens is 851 g/mol. The Balaban J connectivity index is 0.990. The number of aliphatic imine (C=N–C) groups is 1. The van der Waals surface area contributed by atoms with Crippen molar-refractivity contribution >= 4 is 57.0 Å². The number of H-pyrrole nitrogens is 1. The molecule has 2 aromatic carbocycles. The van der Waals surface area contributed by atoms with Crippen LogP contribution in [0.3, 0.4) is 0 Å². The van der Waals surface area contributed by atoms with Crippen LogP contribution >= 0.6 is 11.3 Å². The SMILES string of the molecule is C=C([C@@H](NC(=O)OC)C(C)C)N1CCC[C@H]1C1=Nc2ccc(C3CC[C@H](c4ccc5nc([C@@H]6CCCN6C(=O)[C@@H](NC(=O)OC)C(C)C)[nH]c5c4)N3c3nc4c(s3)CCCC4)cc2CCC1. The highest BCUT2D eigenvalue weighted by Crippen LogP contribution is 2.50. The lowest BCUT2D eigenvalue weighted by atomic mass is 9.97. The summed E-state index contributed by atoms with van der Waals surface area (Å²) in [7, 11) is 2.72. The first kappa shape index (κ1) is 45.7. The molecular formula is C51H67N9O5S. The van der Waals surface area contributed by atoms with Crippen LogP contribution < -0.4 is 15.5 Å². The van der Waals surface area contributed by atoms with E-state index in [0.29, 0.717) is 6.54 Å². The number of hydrogen-bond acceptors (Lipinski definition) is 11. The second-order valence-corrected chi connectivity index (χ2v) is 20.6. The van der Waals surface area contributed by atoms with E-state index < -0.39 is 18.2 Å². The Bertz CT molecular complexity index is 2470. The zero-order valence-electron chi connectivity index (χ0n) is 39.5. The van der Waals surface area contributed by atoms with Crippen molar-refractivity contribution in [2.75, 3.05) is 32.2 Å². The van der Waals surface area contributed by atoms with E-state index in [1.54, 1.807) is 0 Å². The quantitative estimate of drug-likeness (QED) is 0.126. The number of thiazole rings is 1. The number of rotatable bonds is 12. The van der Waals surface area contributed by atoms with Crippen LogP contribution in [0.2, 0.25) is 0 Å². The highest BCUT2D eigenvalue weighted by atomic mass is 32.1. The fourth-order valence-electron chi connectivity index (χ4n) is 11.3. The molecule has 9 rings (SSSR count). The van der Waals surface area contributed by atoms with Crippen molar-refractivity contribution < 1.29 is 23.9 Å². The smallest absolute Gasteiger partial charge is 0.407 e. The molecule has 1 aliphatic carbocycles. The molecule has 5 aliphatic rings. The Labute approximate surface area is 393 Å². The number of aromatic amines is 1. The molecule has 1 unspecified atom stereocenters. The molecule has 6 atom stereocenters. The maximum absolute atomic E-state index is 13.9. The van der Waals surface area contributed by atoms with Crippen molar-refractivity contribution in [3.05, 3.63) is 81.8 Å². The van der Waals surface area contributed by atoms with Crippen LogP contribution in [-0.2, 0) is 33.5 Å². The van der Waals surface area contributed by atoms with Gasteiger partial charge < -0.3 is 39.8 Å². The van der Waals surface area contributed by atoms with E-state index in [0.717, 1.165) is 111 Å². The number of alkyl carbamates (subject to hydrolysis) is 2. The van der Waals surface area contributed by atoms with Gasteiger partial charge in [0, 0.05) is 29.4 Å². The van der Waals surface area contributed by atoms with Gasteiger partial charge in [-0.1, -0.05) is 52.5 Å². The lowest BCUT2D eigenvalue weighted by molar-refractivity contribution is -0.135. The average molecular weight is 918 g/mol. The first-order valence-electron chi connectivity index (χ1n) is 24.3. The second-order valence-electron chi connectivity index (χ2n) is 19.6. The van der Waals surface area contributed by atoms with Crippen molar-refractivity contribution in [3.63, 3.8) is 0 Å². The van der Waals surface area contributed by atoms with E-state index in [4.69, 9.17) is 24.4 Å². The van der Waals surface area contributed by atoms with E-state index >= 15 is 0 Å². The number of carbonyl (C=O) groups is 3. The summed E-state index contributed by atoms with van der Waals surface area (Å²) in [4.78, 5) is 66.2. The van der Waals surface area contributed by atoms with Gasteiger partial charge in [0.15, 0.2) is 5.13 Å². The first-order chi connectivity index (χ1) is 31.9.